The maximum Gasteiger partial charge on any atom is 0.135 e. The zero-order valence-electron chi connectivity index (χ0n) is 48.5. The van der Waals surface area contributed by atoms with Crippen molar-refractivity contribution in [1.29, 1.82) is 0 Å². The van der Waals surface area contributed by atoms with Crippen LogP contribution < -0.4 is 14.7 Å². The van der Waals surface area contributed by atoms with Gasteiger partial charge in [0.1, 0.15) is 5.82 Å². The van der Waals surface area contributed by atoms with Crippen molar-refractivity contribution >= 4 is 61.6 Å². The fourth-order valence-electron chi connectivity index (χ4n) is 10.9. The van der Waals surface area contributed by atoms with Crippen molar-refractivity contribution < 1.29 is 21.1 Å². The largest absolute Gasteiger partial charge is 0.493 e. The summed E-state index contributed by atoms with van der Waals surface area (Å²) in [5, 5.41) is 2.25. The van der Waals surface area contributed by atoms with Crippen LogP contribution in [0, 0.1) is 18.8 Å². The minimum absolute atomic E-state index is 0. The summed E-state index contributed by atoms with van der Waals surface area (Å²) < 4.78 is 2.32. The maximum atomic E-state index is 5.18. The summed E-state index contributed by atoms with van der Waals surface area (Å²) in [6.07, 6.45) is 1.96. The quantitative estimate of drug-likeness (QED) is 0.135. The first kappa shape index (κ1) is 55.1. The van der Waals surface area contributed by atoms with Crippen molar-refractivity contribution in [2.24, 2.45) is 0 Å². The zero-order valence-corrected chi connectivity index (χ0v) is 50.8. The van der Waals surface area contributed by atoms with Gasteiger partial charge in [-0.3, -0.25) is 0 Å². The van der Waals surface area contributed by atoms with E-state index in [0.717, 1.165) is 67.4 Å². The molecular weight excluding hydrogens is 1140 g/mol. The van der Waals surface area contributed by atoms with Gasteiger partial charge >= 0.3 is 0 Å². The number of fused-ring (bicyclic) bond motifs is 4. The van der Waals surface area contributed by atoms with Crippen molar-refractivity contribution in [3.63, 3.8) is 0 Å². The van der Waals surface area contributed by atoms with Crippen LogP contribution in [0.5, 0.6) is 0 Å². The topological polar surface area (TPSA) is 27.5 Å². The number of benzene rings is 8. The molecule has 6 heteroatoms. The second-order valence-corrected chi connectivity index (χ2v) is 26.1. The first-order chi connectivity index (χ1) is 36.9. The van der Waals surface area contributed by atoms with Crippen LogP contribution in [0.1, 0.15) is 130 Å². The van der Waals surface area contributed by atoms with Crippen LogP contribution in [0.4, 0.5) is 39.8 Å². The van der Waals surface area contributed by atoms with Gasteiger partial charge in [-0.25, -0.2) is 4.98 Å². The van der Waals surface area contributed by atoms with Gasteiger partial charge in [-0.1, -0.05) is 217 Å². The number of para-hydroxylation sites is 3. The van der Waals surface area contributed by atoms with E-state index in [0.29, 0.717) is 0 Å². The Hall–Kier alpha value is -7.20. The first-order valence-electron chi connectivity index (χ1n) is 27.7. The molecule has 5 nitrogen and oxygen atoms in total. The summed E-state index contributed by atoms with van der Waals surface area (Å²) in [5.41, 5.74) is 18.6. The minimum Gasteiger partial charge on any atom is -0.493 e. The van der Waals surface area contributed by atoms with Crippen molar-refractivity contribution in [2.75, 3.05) is 14.7 Å². The molecule has 404 valence electrons. The number of nitrogens with zero attached hydrogens (tertiary/aromatic N) is 5. The normalized spacial score (nSPS) is 13.2. The minimum atomic E-state index is -0.273. The molecule has 0 saturated carbocycles. The van der Waals surface area contributed by atoms with Crippen LogP contribution in [-0.2, 0) is 48.1 Å². The molecule has 79 heavy (non-hydrogen) atoms. The van der Waals surface area contributed by atoms with E-state index < -0.39 is 0 Å². The SMILES string of the molecule is CC(C)(C)c1ccc(-c2ccc3c(c2)c2ccc(N(c4[c-]c(N5[CH-]N(c6cc(C(C)(C)C)cc(C(C)(C)C)c6)c6ccccc65)cc(C(C)(C)C)c4)c4ccccc4)[c-]c2n3-c2cc(C(C)(C)c3ccccc3)ccn2)cc1.[Pt]. The Morgan fingerprint density at radius 2 is 1.00 bits per heavy atom. The third-order valence-corrected chi connectivity index (χ3v) is 16.0. The number of hydrogen-bond donors (Lipinski definition) is 0. The Kier molecular flexibility index (Phi) is 14.3. The molecule has 0 bridgehead atoms. The van der Waals surface area contributed by atoms with E-state index in [2.05, 4.69) is 317 Å². The van der Waals surface area contributed by atoms with Crippen LogP contribution in [0.15, 0.2) is 188 Å². The maximum absolute atomic E-state index is 5.18. The van der Waals surface area contributed by atoms with E-state index in [4.69, 9.17) is 4.98 Å². The van der Waals surface area contributed by atoms with E-state index in [-0.39, 0.29) is 48.1 Å². The third kappa shape index (κ3) is 10.6. The molecule has 0 radical (unpaired) electrons. The molecule has 1 aliphatic rings. The van der Waals surface area contributed by atoms with E-state index >= 15 is 0 Å². The molecule has 0 fully saturated rings. The molecule has 2 aromatic heterocycles. The molecule has 0 aliphatic carbocycles. The average Bonchev–Trinajstić information content (AvgIpc) is 3.94. The van der Waals surface area contributed by atoms with E-state index in [1.54, 1.807) is 0 Å². The Morgan fingerprint density at radius 1 is 0.430 bits per heavy atom. The number of anilines is 7. The predicted octanol–water partition coefficient (Wildman–Crippen LogP) is 19.8. The van der Waals surface area contributed by atoms with Gasteiger partial charge in [0.05, 0.1) is 0 Å². The summed E-state index contributed by atoms with van der Waals surface area (Å²) in [4.78, 5) is 12.2. The van der Waals surface area contributed by atoms with Crippen molar-refractivity contribution in [2.45, 2.75) is 124 Å². The Labute approximate surface area is 485 Å². The van der Waals surface area contributed by atoms with E-state index in [9.17, 15) is 0 Å². The van der Waals surface area contributed by atoms with Crippen molar-refractivity contribution in [1.82, 2.24) is 9.55 Å². The van der Waals surface area contributed by atoms with Gasteiger partial charge in [-0.15, -0.1) is 53.6 Å². The van der Waals surface area contributed by atoms with Crippen LogP contribution in [0.25, 0.3) is 38.8 Å². The summed E-state index contributed by atoms with van der Waals surface area (Å²) in [6.45, 7) is 34.4. The smallest absolute Gasteiger partial charge is 0.135 e. The first-order valence-corrected chi connectivity index (χ1v) is 27.7. The van der Waals surface area contributed by atoms with Crippen molar-refractivity contribution in [3.8, 4) is 16.9 Å². The molecule has 3 heterocycles. The molecule has 0 atom stereocenters. The molecule has 0 unspecified atom stereocenters. The summed E-state index contributed by atoms with van der Waals surface area (Å²) in [6, 6.07) is 75.0. The standard InChI is InChI=1S/C73H74N5.Pt/c1-69(2,3)51-32-29-49(30-33-51)50-31-36-64-63(39-50)62-35-34-58(47-67(62)78(64)68-45-53(37-38-74-68)73(13,14)52-23-17-15-18-24-52)77(57-25-19-16-20-26-57)61-44-56(72(10,11)12)43-60(46-61)76-48-75(65-27-21-22-28-66(65)76)59-41-54(70(4,5)6)40-55(42-59)71(7,8)9;/h15-45,48H,1-14H3;/q-3;. The molecule has 0 saturated heterocycles. The molecule has 0 amide bonds. The van der Waals surface area contributed by atoms with Crippen LogP contribution in [0.3, 0.4) is 0 Å². The number of pyridine rings is 1. The van der Waals surface area contributed by atoms with E-state index in [1.165, 1.54) is 44.5 Å². The van der Waals surface area contributed by atoms with Gasteiger partial charge < -0.3 is 19.3 Å². The zero-order chi connectivity index (χ0) is 55.1. The fourth-order valence-corrected chi connectivity index (χ4v) is 10.9. The third-order valence-electron chi connectivity index (χ3n) is 16.0. The van der Waals surface area contributed by atoms with Crippen molar-refractivity contribution in [3.05, 3.63) is 240 Å². The molecule has 10 aromatic rings. The monoisotopic (exact) mass is 1220 g/mol. The summed E-state index contributed by atoms with van der Waals surface area (Å²) >= 11 is 0. The van der Waals surface area contributed by atoms with Crippen LogP contribution in [-0.4, -0.2) is 9.55 Å². The molecular formula is C73H74N5Pt-3. The van der Waals surface area contributed by atoms with Gasteiger partial charge in [0.2, 0.25) is 0 Å². The fraction of sp³-hybridized carbons (Fsp3) is 0.260. The molecule has 8 aromatic carbocycles. The van der Waals surface area contributed by atoms with Gasteiger partial charge in [-0.2, -0.15) is 6.07 Å². The van der Waals surface area contributed by atoms with Gasteiger partial charge in [0, 0.05) is 60.9 Å². The molecule has 1 aliphatic heterocycles. The van der Waals surface area contributed by atoms with Crippen LogP contribution in [0.2, 0.25) is 0 Å². The predicted molar refractivity (Wildman–Crippen MR) is 331 cm³/mol. The second kappa shape index (κ2) is 20.5. The number of hydrogen-bond acceptors (Lipinski definition) is 4. The second-order valence-electron chi connectivity index (χ2n) is 26.1. The number of aromatic nitrogens is 2. The molecule has 11 rings (SSSR count). The number of rotatable bonds is 9. The Morgan fingerprint density at radius 3 is 1.62 bits per heavy atom. The van der Waals surface area contributed by atoms with Crippen LogP contribution >= 0.6 is 0 Å². The van der Waals surface area contributed by atoms with Gasteiger partial charge in [0.25, 0.3) is 0 Å². The molecule has 0 N–H and O–H groups in total. The summed E-state index contributed by atoms with van der Waals surface area (Å²) in [5.74, 6) is 0.845. The van der Waals surface area contributed by atoms with E-state index in [1.807, 2.05) is 6.20 Å². The van der Waals surface area contributed by atoms with Gasteiger partial charge in [-0.05, 0) is 121 Å². The van der Waals surface area contributed by atoms with Gasteiger partial charge in [0.15, 0.2) is 0 Å². The molecule has 0 spiro atoms. The average molecular weight is 1220 g/mol. The Bertz CT molecular complexity index is 3810. The summed E-state index contributed by atoms with van der Waals surface area (Å²) in [7, 11) is 0. The Balaban J connectivity index is 0.00000704.